The van der Waals surface area contributed by atoms with E-state index in [0.29, 0.717) is 11.4 Å². The Morgan fingerprint density at radius 2 is 1.78 bits per heavy atom. The van der Waals surface area contributed by atoms with Crippen molar-refractivity contribution in [3.05, 3.63) is 53.2 Å². The molecule has 0 unspecified atom stereocenters. The molecule has 3 rings (SSSR count). The number of carbonyl (C=O) groups excluding carboxylic acids is 2. The Hall–Kier alpha value is -2.89. The van der Waals surface area contributed by atoms with Gasteiger partial charge in [-0.15, -0.1) is 0 Å². The second-order valence-corrected chi connectivity index (χ2v) is 7.04. The first-order valence-electron chi connectivity index (χ1n) is 9.29. The predicted octanol–water partition coefficient (Wildman–Crippen LogP) is 3.01. The first-order chi connectivity index (χ1) is 13.0. The number of aromatic nitrogens is 1. The Labute approximate surface area is 160 Å². The van der Waals surface area contributed by atoms with E-state index in [1.807, 2.05) is 32.0 Å². The van der Waals surface area contributed by atoms with Crippen LogP contribution in [0.2, 0.25) is 0 Å². The number of hydrogen-bond acceptors (Lipinski definition) is 4. The highest BCUT2D eigenvalue weighted by Gasteiger charge is 2.23. The highest BCUT2D eigenvalue weighted by atomic mass is 16.2. The van der Waals surface area contributed by atoms with Gasteiger partial charge in [-0.25, -0.2) is 4.98 Å². The molecule has 2 amide bonds. The van der Waals surface area contributed by atoms with Crippen LogP contribution in [0.5, 0.6) is 0 Å². The lowest BCUT2D eigenvalue weighted by Gasteiger charge is -2.23. The highest BCUT2D eigenvalue weighted by Crippen LogP contribution is 2.23. The molecule has 6 nitrogen and oxygen atoms in total. The second kappa shape index (κ2) is 8.20. The number of nitrogens with one attached hydrogen (secondary N) is 1. The van der Waals surface area contributed by atoms with Crippen LogP contribution in [-0.2, 0) is 4.79 Å². The molecule has 2 heterocycles. The highest BCUT2D eigenvalue weighted by molar-refractivity contribution is 6.02. The van der Waals surface area contributed by atoms with Gasteiger partial charge in [0.25, 0.3) is 5.91 Å². The molecule has 142 valence electrons. The summed E-state index contributed by atoms with van der Waals surface area (Å²) < 4.78 is 0. The van der Waals surface area contributed by atoms with E-state index in [-0.39, 0.29) is 18.4 Å². The maximum absolute atomic E-state index is 12.9. The second-order valence-electron chi connectivity index (χ2n) is 7.04. The SMILES string of the molecule is Cc1cccc(C)c1NC(=O)CN(C)C(=O)c1cccnc1N1CCCC1. The van der Waals surface area contributed by atoms with Crippen LogP contribution >= 0.6 is 0 Å². The number of aryl methyl sites for hydroxylation is 2. The molecular formula is C21H26N4O2. The third kappa shape index (κ3) is 4.27. The molecule has 0 atom stereocenters. The van der Waals surface area contributed by atoms with Gasteiger partial charge in [-0.1, -0.05) is 18.2 Å². The van der Waals surface area contributed by atoms with Gasteiger partial charge >= 0.3 is 0 Å². The van der Waals surface area contributed by atoms with Crippen LogP contribution < -0.4 is 10.2 Å². The number of anilines is 2. The van der Waals surface area contributed by atoms with Crippen molar-refractivity contribution >= 4 is 23.3 Å². The average Bonchev–Trinajstić information content (AvgIpc) is 3.19. The number of amides is 2. The summed E-state index contributed by atoms with van der Waals surface area (Å²) in [6.07, 6.45) is 3.93. The van der Waals surface area contributed by atoms with Crippen molar-refractivity contribution in [3.8, 4) is 0 Å². The van der Waals surface area contributed by atoms with Crippen molar-refractivity contribution in [2.45, 2.75) is 26.7 Å². The van der Waals surface area contributed by atoms with Gasteiger partial charge < -0.3 is 15.1 Å². The Kier molecular flexibility index (Phi) is 5.74. The van der Waals surface area contributed by atoms with Crippen LogP contribution in [-0.4, -0.2) is 48.4 Å². The molecule has 0 bridgehead atoms. The molecule has 1 N–H and O–H groups in total. The Bertz CT molecular complexity index is 824. The molecule has 2 aromatic rings. The van der Waals surface area contributed by atoms with Gasteiger partial charge in [0.15, 0.2) is 0 Å². The van der Waals surface area contributed by atoms with Gasteiger partial charge in [0.2, 0.25) is 5.91 Å². The number of hydrogen-bond donors (Lipinski definition) is 1. The van der Waals surface area contributed by atoms with Crippen molar-refractivity contribution in [3.63, 3.8) is 0 Å². The van der Waals surface area contributed by atoms with E-state index in [9.17, 15) is 9.59 Å². The maximum Gasteiger partial charge on any atom is 0.257 e. The van der Waals surface area contributed by atoms with Crippen LogP contribution in [0.3, 0.4) is 0 Å². The normalized spacial score (nSPS) is 13.5. The van der Waals surface area contributed by atoms with Gasteiger partial charge in [-0.2, -0.15) is 0 Å². The van der Waals surface area contributed by atoms with Crippen LogP contribution in [0.15, 0.2) is 36.5 Å². The fourth-order valence-corrected chi connectivity index (χ4v) is 3.43. The molecule has 1 saturated heterocycles. The number of carbonyl (C=O) groups is 2. The molecule has 27 heavy (non-hydrogen) atoms. The summed E-state index contributed by atoms with van der Waals surface area (Å²) in [6, 6.07) is 9.41. The largest absolute Gasteiger partial charge is 0.356 e. The summed E-state index contributed by atoms with van der Waals surface area (Å²) >= 11 is 0. The van der Waals surface area contributed by atoms with Crippen LogP contribution in [0, 0.1) is 13.8 Å². The summed E-state index contributed by atoms with van der Waals surface area (Å²) in [4.78, 5) is 33.4. The summed E-state index contributed by atoms with van der Waals surface area (Å²) in [7, 11) is 1.65. The minimum absolute atomic E-state index is 0.0130. The van der Waals surface area contributed by atoms with E-state index >= 15 is 0 Å². The molecule has 0 spiro atoms. The summed E-state index contributed by atoms with van der Waals surface area (Å²) in [5.41, 5.74) is 3.35. The van der Waals surface area contributed by atoms with Gasteiger partial charge in [0.1, 0.15) is 5.82 Å². The first-order valence-corrected chi connectivity index (χ1v) is 9.29. The zero-order chi connectivity index (χ0) is 19.4. The fourth-order valence-electron chi connectivity index (χ4n) is 3.43. The monoisotopic (exact) mass is 366 g/mol. The Morgan fingerprint density at radius 3 is 2.44 bits per heavy atom. The quantitative estimate of drug-likeness (QED) is 0.883. The molecule has 1 aromatic heterocycles. The lowest BCUT2D eigenvalue weighted by atomic mass is 10.1. The lowest BCUT2D eigenvalue weighted by Crippen LogP contribution is -2.36. The predicted molar refractivity (Wildman–Crippen MR) is 107 cm³/mol. The molecule has 0 saturated carbocycles. The van der Waals surface area contributed by atoms with E-state index in [2.05, 4.69) is 15.2 Å². The standard InChI is InChI=1S/C21H26N4O2/c1-15-8-6-9-16(2)19(15)23-18(26)14-24(3)21(27)17-10-7-11-22-20(17)25-12-4-5-13-25/h6-11H,4-5,12-14H2,1-3H3,(H,23,26). The number of likely N-dealkylation sites (N-methyl/N-ethyl adjacent to an activating group) is 1. The van der Waals surface area contributed by atoms with Crippen molar-refractivity contribution in [1.29, 1.82) is 0 Å². The smallest absolute Gasteiger partial charge is 0.257 e. The van der Waals surface area contributed by atoms with Crippen LogP contribution in [0.25, 0.3) is 0 Å². The van der Waals surface area contributed by atoms with Gasteiger partial charge in [-0.3, -0.25) is 9.59 Å². The van der Waals surface area contributed by atoms with Crippen LogP contribution in [0.4, 0.5) is 11.5 Å². The summed E-state index contributed by atoms with van der Waals surface area (Å²) in [6.45, 7) is 5.72. The molecular weight excluding hydrogens is 340 g/mol. The van der Waals surface area contributed by atoms with Crippen molar-refractivity contribution in [2.75, 3.05) is 36.9 Å². The van der Waals surface area contributed by atoms with Crippen molar-refractivity contribution in [2.24, 2.45) is 0 Å². The minimum atomic E-state index is -0.213. The molecule has 1 fully saturated rings. The topological polar surface area (TPSA) is 65.5 Å². The van der Waals surface area contributed by atoms with E-state index in [0.717, 1.165) is 42.7 Å². The molecule has 1 aliphatic rings. The number of nitrogens with zero attached hydrogens (tertiary/aromatic N) is 3. The van der Waals surface area contributed by atoms with Gasteiger partial charge in [-0.05, 0) is 49.9 Å². The molecule has 1 aliphatic heterocycles. The van der Waals surface area contributed by atoms with E-state index in [4.69, 9.17) is 0 Å². The molecule has 0 radical (unpaired) electrons. The minimum Gasteiger partial charge on any atom is -0.356 e. The van der Waals surface area contributed by atoms with E-state index in [1.54, 1.807) is 25.4 Å². The van der Waals surface area contributed by atoms with Gasteiger partial charge in [0.05, 0.1) is 12.1 Å². The number of rotatable bonds is 5. The van der Waals surface area contributed by atoms with Crippen molar-refractivity contribution in [1.82, 2.24) is 9.88 Å². The third-order valence-corrected chi connectivity index (χ3v) is 4.90. The fraction of sp³-hybridized carbons (Fsp3) is 0.381. The Balaban J connectivity index is 1.70. The summed E-state index contributed by atoms with van der Waals surface area (Å²) in [5.74, 6) is 0.304. The third-order valence-electron chi connectivity index (χ3n) is 4.90. The van der Waals surface area contributed by atoms with Crippen LogP contribution in [0.1, 0.15) is 34.3 Å². The molecule has 6 heteroatoms. The first kappa shape index (κ1) is 18.9. The maximum atomic E-state index is 12.9. The zero-order valence-corrected chi connectivity index (χ0v) is 16.2. The van der Waals surface area contributed by atoms with Crippen molar-refractivity contribution < 1.29 is 9.59 Å². The summed E-state index contributed by atoms with van der Waals surface area (Å²) in [5, 5.41) is 2.93. The lowest BCUT2D eigenvalue weighted by molar-refractivity contribution is -0.116. The van der Waals surface area contributed by atoms with E-state index < -0.39 is 0 Å². The average molecular weight is 366 g/mol. The molecule has 1 aromatic carbocycles. The Morgan fingerprint density at radius 1 is 1.11 bits per heavy atom. The van der Waals surface area contributed by atoms with E-state index in [1.165, 1.54) is 4.90 Å². The number of benzene rings is 1. The zero-order valence-electron chi connectivity index (χ0n) is 16.2. The molecule has 0 aliphatic carbocycles. The number of para-hydroxylation sites is 1. The van der Waals surface area contributed by atoms with Gasteiger partial charge in [0, 0.05) is 32.0 Å². The number of pyridine rings is 1.